The minimum atomic E-state index is -0.384. The molecule has 2 N–H and O–H groups in total. The van der Waals surface area contributed by atoms with Crippen molar-refractivity contribution in [2.45, 2.75) is 13.5 Å². The summed E-state index contributed by atoms with van der Waals surface area (Å²) in [6, 6.07) is 17.6. The van der Waals surface area contributed by atoms with Gasteiger partial charge >= 0.3 is 0 Å². The molecule has 0 saturated heterocycles. The molecule has 0 atom stereocenters. The molecule has 2 aromatic carbocycles. The van der Waals surface area contributed by atoms with Crippen LogP contribution in [0.4, 0.5) is 11.4 Å². The fraction of sp³-hybridized carbons (Fsp3) is 0.100. The molecular weight excluding hydrogens is 412 g/mol. The molecule has 7 heteroatoms. The van der Waals surface area contributed by atoms with E-state index in [0.29, 0.717) is 22.9 Å². The van der Waals surface area contributed by atoms with E-state index in [2.05, 4.69) is 26.6 Å². The van der Waals surface area contributed by atoms with Crippen LogP contribution in [0.5, 0.6) is 5.75 Å². The molecule has 27 heavy (non-hydrogen) atoms. The first-order valence-electron chi connectivity index (χ1n) is 8.16. The summed E-state index contributed by atoms with van der Waals surface area (Å²) in [5.74, 6) is 0.851. The van der Waals surface area contributed by atoms with E-state index in [1.54, 1.807) is 36.4 Å². The number of ether oxygens (including phenoxy) is 1. The number of furan rings is 1. The number of hydrogen-bond acceptors (Lipinski definition) is 4. The lowest BCUT2D eigenvalue weighted by Crippen LogP contribution is -2.11. The maximum Gasteiger partial charge on any atom is 0.291 e. The predicted molar refractivity (Wildman–Crippen MR) is 106 cm³/mol. The summed E-state index contributed by atoms with van der Waals surface area (Å²) in [5, 5.41) is 5.40. The van der Waals surface area contributed by atoms with Gasteiger partial charge in [-0.3, -0.25) is 9.59 Å². The lowest BCUT2D eigenvalue weighted by molar-refractivity contribution is -0.114. The van der Waals surface area contributed by atoms with Crippen LogP contribution in [0.25, 0.3) is 0 Å². The van der Waals surface area contributed by atoms with E-state index >= 15 is 0 Å². The van der Waals surface area contributed by atoms with Gasteiger partial charge in [-0.15, -0.1) is 0 Å². The summed E-state index contributed by atoms with van der Waals surface area (Å²) in [5.41, 5.74) is 1.15. The molecule has 1 heterocycles. The van der Waals surface area contributed by atoms with Crippen molar-refractivity contribution >= 4 is 39.1 Å². The lowest BCUT2D eigenvalue weighted by atomic mass is 10.2. The Balaban J connectivity index is 1.59. The Labute approximate surface area is 164 Å². The van der Waals surface area contributed by atoms with Gasteiger partial charge in [-0.25, -0.2) is 0 Å². The number of anilines is 2. The molecule has 6 nitrogen and oxygen atoms in total. The van der Waals surface area contributed by atoms with Crippen LogP contribution in [0.2, 0.25) is 0 Å². The first kappa shape index (κ1) is 18.7. The summed E-state index contributed by atoms with van der Waals surface area (Å²) in [6.45, 7) is 1.64. The molecule has 138 valence electrons. The molecule has 0 aliphatic rings. The zero-order valence-electron chi connectivity index (χ0n) is 14.5. The summed E-state index contributed by atoms with van der Waals surface area (Å²) < 4.78 is 12.1. The Bertz CT molecular complexity index is 951. The number of amides is 2. The van der Waals surface area contributed by atoms with Crippen LogP contribution >= 0.6 is 15.9 Å². The quantitative estimate of drug-likeness (QED) is 0.588. The minimum absolute atomic E-state index is 0.175. The fourth-order valence-electron chi connectivity index (χ4n) is 2.33. The SMILES string of the molecule is CC(=O)Nc1cccc(NC(=O)c2ccc(COc3ccc(Br)cc3)o2)c1. The Kier molecular flexibility index (Phi) is 5.93. The molecule has 0 fully saturated rings. The highest BCUT2D eigenvalue weighted by Crippen LogP contribution is 2.19. The van der Waals surface area contributed by atoms with Crippen molar-refractivity contribution < 1.29 is 18.7 Å². The van der Waals surface area contributed by atoms with E-state index in [4.69, 9.17) is 9.15 Å². The van der Waals surface area contributed by atoms with Crippen molar-refractivity contribution in [1.29, 1.82) is 0 Å². The molecule has 2 amide bonds. The number of halogens is 1. The fourth-order valence-corrected chi connectivity index (χ4v) is 2.60. The predicted octanol–water partition coefficient (Wildman–Crippen LogP) is 4.83. The average molecular weight is 429 g/mol. The second-order valence-corrected chi connectivity index (χ2v) is 6.64. The Hall–Kier alpha value is -3.06. The number of carbonyl (C=O) groups excluding carboxylic acids is 2. The topological polar surface area (TPSA) is 80.6 Å². The van der Waals surface area contributed by atoms with Gasteiger partial charge in [0.2, 0.25) is 5.91 Å². The first-order chi connectivity index (χ1) is 13.0. The van der Waals surface area contributed by atoms with Gasteiger partial charge in [-0.1, -0.05) is 22.0 Å². The maximum atomic E-state index is 12.3. The smallest absolute Gasteiger partial charge is 0.291 e. The summed E-state index contributed by atoms with van der Waals surface area (Å²) in [4.78, 5) is 23.5. The summed E-state index contributed by atoms with van der Waals surface area (Å²) >= 11 is 3.36. The van der Waals surface area contributed by atoms with E-state index in [0.717, 1.165) is 4.47 Å². The van der Waals surface area contributed by atoms with Crippen LogP contribution in [0, 0.1) is 0 Å². The van der Waals surface area contributed by atoms with Crippen LogP contribution < -0.4 is 15.4 Å². The van der Waals surface area contributed by atoms with Gasteiger partial charge in [0.05, 0.1) is 0 Å². The molecule has 0 saturated carbocycles. The first-order valence-corrected chi connectivity index (χ1v) is 8.95. The van der Waals surface area contributed by atoms with E-state index in [1.807, 2.05) is 24.3 Å². The van der Waals surface area contributed by atoms with Crippen LogP contribution in [0.15, 0.2) is 69.6 Å². The molecular formula is C20H17BrN2O4. The van der Waals surface area contributed by atoms with E-state index in [-0.39, 0.29) is 24.2 Å². The van der Waals surface area contributed by atoms with Gasteiger partial charge in [0.15, 0.2) is 5.76 Å². The summed E-state index contributed by atoms with van der Waals surface area (Å²) in [6.07, 6.45) is 0. The Morgan fingerprint density at radius 2 is 1.70 bits per heavy atom. The highest BCUT2D eigenvalue weighted by Gasteiger charge is 2.12. The van der Waals surface area contributed by atoms with Crippen molar-refractivity contribution in [3.63, 3.8) is 0 Å². The van der Waals surface area contributed by atoms with Gasteiger partial charge in [0.1, 0.15) is 18.1 Å². The molecule has 3 rings (SSSR count). The number of benzene rings is 2. The molecule has 0 unspecified atom stereocenters. The van der Waals surface area contributed by atoms with Gasteiger partial charge in [0.25, 0.3) is 5.91 Å². The molecule has 1 aromatic heterocycles. The number of carbonyl (C=O) groups is 2. The highest BCUT2D eigenvalue weighted by molar-refractivity contribution is 9.10. The lowest BCUT2D eigenvalue weighted by Gasteiger charge is -2.07. The monoisotopic (exact) mass is 428 g/mol. The molecule has 0 radical (unpaired) electrons. The van der Waals surface area contributed by atoms with E-state index in [1.165, 1.54) is 6.92 Å². The largest absolute Gasteiger partial charge is 0.486 e. The van der Waals surface area contributed by atoms with Gasteiger partial charge in [-0.2, -0.15) is 0 Å². The van der Waals surface area contributed by atoms with Gasteiger partial charge in [0, 0.05) is 22.8 Å². The number of rotatable bonds is 6. The molecule has 0 aliphatic heterocycles. The molecule has 0 aliphatic carbocycles. The second kappa shape index (κ2) is 8.55. The van der Waals surface area contributed by atoms with Crippen molar-refractivity contribution in [3.05, 3.63) is 76.7 Å². The number of hydrogen-bond donors (Lipinski definition) is 2. The number of nitrogens with one attached hydrogen (secondary N) is 2. The standard InChI is InChI=1S/C20H17BrN2O4/c1-13(24)22-15-3-2-4-16(11-15)23-20(25)19-10-9-18(27-19)12-26-17-7-5-14(21)6-8-17/h2-11H,12H2,1H3,(H,22,24)(H,23,25). The third kappa shape index (κ3) is 5.46. The normalized spacial score (nSPS) is 10.3. The van der Waals surface area contributed by atoms with E-state index < -0.39 is 0 Å². The third-order valence-electron chi connectivity index (χ3n) is 3.52. The zero-order chi connectivity index (χ0) is 19.2. The van der Waals surface area contributed by atoms with Crippen LogP contribution in [0.1, 0.15) is 23.2 Å². The maximum absolute atomic E-state index is 12.3. The summed E-state index contributed by atoms with van der Waals surface area (Å²) in [7, 11) is 0. The Morgan fingerprint density at radius 1 is 1.00 bits per heavy atom. The third-order valence-corrected chi connectivity index (χ3v) is 4.05. The Morgan fingerprint density at radius 3 is 2.41 bits per heavy atom. The van der Waals surface area contributed by atoms with Crippen molar-refractivity contribution in [3.8, 4) is 5.75 Å². The van der Waals surface area contributed by atoms with Crippen LogP contribution in [0.3, 0.4) is 0 Å². The van der Waals surface area contributed by atoms with Crippen molar-refractivity contribution in [2.24, 2.45) is 0 Å². The zero-order valence-corrected chi connectivity index (χ0v) is 16.1. The molecule has 3 aromatic rings. The van der Waals surface area contributed by atoms with E-state index in [9.17, 15) is 9.59 Å². The van der Waals surface area contributed by atoms with Crippen molar-refractivity contribution in [2.75, 3.05) is 10.6 Å². The van der Waals surface area contributed by atoms with Gasteiger partial charge in [-0.05, 0) is 54.6 Å². The van der Waals surface area contributed by atoms with Gasteiger partial charge < -0.3 is 19.8 Å². The van der Waals surface area contributed by atoms with Crippen LogP contribution in [-0.4, -0.2) is 11.8 Å². The highest BCUT2D eigenvalue weighted by atomic mass is 79.9. The molecule has 0 spiro atoms. The second-order valence-electron chi connectivity index (χ2n) is 5.72. The van der Waals surface area contributed by atoms with Crippen LogP contribution in [-0.2, 0) is 11.4 Å². The average Bonchev–Trinajstić information content (AvgIpc) is 3.10. The molecule has 0 bridgehead atoms. The van der Waals surface area contributed by atoms with Crippen molar-refractivity contribution in [1.82, 2.24) is 0 Å². The minimum Gasteiger partial charge on any atom is -0.486 e.